The van der Waals surface area contributed by atoms with E-state index in [-0.39, 0.29) is 5.91 Å². The van der Waals surface area contributed by atoms with Gasteiger partial charge in [-0.05, 0) is 18.8 Å². The van der Waals surface area contributed by atoms with Crippen LogP contribution in [0.2, 0.25) is 0 Å². The third kappa shape index (κ3) is 5.70. The minimum absolute atomic E-state index is 0.315. The normalized spacial score (nSPS) is 14.6. The lowest BCUT2D eigenvalue weighted by molar-refractivity contribution is -0.142. The lowest BCUT2D eigenvalue weighted by atomic mass is 10.0. The van der Waals surface area contributed by atoms with Crippen LogP contribution in [-0.2, 0) is 9.59 Å². The van der Waals surface area contributed by atoms with Crippen molar-refractivity contribution in [2.45, 2.75) is 52.1 Å². The molecule has 94 valence electrons. The van der Waals surface area contributed by atoms with Gasteiger partial charge in [0.2, 0.25) is 5.91 Å². The number of aliphatic carboxylic acids is 1. The van der Waals surface area contributed by atoms with Crippen molar-refractivity contribution in [1.29, 1.82) is 0 Å². The molecule has 0 aromatic rings. The predicted molar refractivity (Wildman–Crippen MR) is 61.9 cm³/mol. The molecule has 0 spiro atoms. The molecule has 0 saturated carbocycles. The van der Waals surface area contributed by atoms with Crippen molar-refractivity contribution in [2.24, 2.45) is 11.7 Å². The maximum Gasteiger partial charge on any atom is 0.326 e. The lowest BCUT2D eigenvalue weighted by Gasteiger charge is -2.18. The minimum atomic E-state index is -1.01. The number of nitrogens with two attached hydrogens (primary N) is 1. The summed E-state index contributed by atoms with van der Waals surface area (Å²) in [5.74, 6) is -1.07. The molecule has 16 heavy (non-hydrogen) atoms. The van der Waals surface area contributed by atoms with Gasteiger partial charge in [-0.1, -0.05) is 27.2 Å². The van der Waals surface area contributed by atoms with Crippen LogP contribution < -0.4 is 11.1 Å². The summed E-state index contributed by atoms with van der Waals surface area (Å²) in [7, 11) is 0. The first kappa shape index (κ1) is 14.9. The van der Waals surface area contributed by atoms with Gasteiger partial charge in [-0.25, -0.2) is 4.79 Å². The molecular weight excluding hydrogens is 208 g/mol. The number of nitrogens with one attached hydrogen (secondary N) is 1. The summed E-state index contributed by atoms with van der Waals surface area (Å²) in [5, 5.41) is 11.3. The Morgan fingerprint density at radius 3 is 2.31 bits per heavy atom. The largest absolute Gasteiger partial charge is 0.480 e. The number of amides is 1. The first-order valence-electron chi connectivity index (χ1n) is 5.67. The Kier molecular flexibility index (Phi) is 6.72. The molecule has 5 heteroatoms. The molecular formula is C11H22N2O3. The van der Waals surface area contributed by atoms with Crippen LogP contribution in [0.5, 0.6) is 0 Å². The average Bonchev–Trinajstić information content (AvgIpc) is 2.15. The molecule has 0 fully saturated rings. The molecule has 0 aliphatic heterocycles. The number of carboxylic acids is 1. The van der Waals surface area contributed by atoms with Gasteiger partial charge in [0, 0.05) is 0 Å². The predicted octanol–water partition coefficient (Wildman–Crippen LogP) is 0.729. The Morgan fingerprint density at radius 2 is 1.94 bits per heavy atom. The molecule has 5 nitrogen and oxygen atoms in total. The van der Waals surface area contributed by atoms with E-state index in [4.69, 9.17) is 10.8 Å². The summed E-state index contributed by atoms with van der Waals surface area (Å²) in [6.07, 6.45) is 1.69. The van der Waals surface area contributed by atoms with E-state index in [2.05, 4.69) is 5.32 Å². The molecule has 0 aliphatic carbocycles. The average molecular weight is 230 g/mol. The minimum Gasteiger partial charge on any atom is -0.480 e. The first-order valence-corrected chi connectivity index (χ1v) is 5.67. The number of hydrogen-bond acceptors (Lipinski definition) is 3. The molecule has 0 aromatic carbocycles. The van der Waals surface area contributed by atoms with Crippen molar-refractivity contribution in [2.75, 3.05) is 0 Å². The highest BCUT2D eigenvalue weighted by Gasteiger charge is 2.22. The molecule has 2 atom stereocenters. The van der Waals surface area contributed by atoms with E-state index in [1.165, 1.54) is 0 Å². The lowest BCUT2D eigenvalue weighted by Crippen LogP contribution is -2.48. The maximum absolute atomic E-state index is 11.6. The summed E-state index contributed by atoms with van der Waals surface area (Å²) in [5.41, 5.74) is 5.66. The van der Waals surface area contributed by atoms with Gasteiger partial charge in [-0.2, -0.15) is 0 Å². The van der Waals surface area contributed by atoms with Gasteiger partial charge in [0.05, 0.1) is 6.04 Å². The Bertz CT molecular complexity index is 241. The number of hydrogen-bond donors (Lipinski definition) is 3. The third-order valence-electron chi connectivity index (χ3n) is 2.25. The Balaban J connectivity index is 4.23. The molecule has 0 aliphatic rings. The molecule has 0 rings (SSSR count). The Hall–Kier alpha value is -1.10. The van der Waals surface area contributed by atoms with Crippen LogP contribution in [0.25, 0.3) is 0 Å². The monoisotopic (exact) mass is 230 g/mol. The highest BCUT2D eigenvalue weighted by molar-refractivity contribution is 5.86. The second kappa shape index (κ2) is 7.22. The van der Waals surface area contributed by atoms with Crippen LogP contribution in [0.1, 0.15) is 40.0 Å². The van der Waals surface area contributed by atoms with E-state index in [1.807, 2.05) is 20.8 Å². The molecule has 0 heterocycles. The summed E-state index contributed by atoms with van der Waals surface area (Å²) in [6, 6.07) is -1.45. The third-order valence-corrected chi connectivity index (χ3v) is 2.25. The van der Waals surface area contributed by atoms with Gasteiger partial charge in [-0.15, -0.1) is 0 Å². The van der Waals surface area contributed by atoms with Gasteiger partial charge in [0.25, 0.3) is 0 Å². The van der Waals surface area contributed by atoms with Crippen LogP contribution in [0.15, 0.2) is 0 Å². The zero-order valence-electron chi connectivity index (χ0n) is 10.2. The molecule has 1 amide bonds. The van der Waals surface area contributed by atoms with Crippen molar-refractivity contribution in [1.82, 2.24) is 5.32 Å². The van der Waals surface area contributed by atoms with Gasteiger partial charge in [-0.3, -0.25) is 4.79 Å². The summed E-state index contributed by atoms with van der Waals surface area (Å²) < 4.78 is 0. The van der Waals surface area contributed by atoms with Crippen LogP contribution in [-0.4, -0.2) is 29.1 Å². The van der Waals surface area contributed by atoms with E-state index in [1.54, 1.807) is 0 Å². The van der Waals surface area contributed by atoms with Crippen LogP contribution in [0.3, 0.4) is 0 Å². The maximum atomic E-state index is 11.6. The molecule has 0 bridgehead atoms. The molecule has 4 N–H and O–H groups in total. The SMILES string of the molecule is CCCC(NC(=O)[C@H](N)CC(C)C)C(=O)O. The molecule has 0 aromatic heterocycles. The van der Waals surface area contributed by atoms with Gasteiger partial charge in [0.1, 0.15) is 6.04 Å². The fraction of sp³-hybridized carbons (Fsp3) is 0.818. The second-order valence-electron chi connectivity index (χ2n) is 4.42. The number of carbonyl (C=O) groups excluding carboxylic acids is 1. The Morgan fingerprint density at radius 1 is 1.38 bits per heavy atom. The van der Waals surface area contributed by atoms with Gasteiger partial charge >= 0.3 is 5.97 Å². The second-order valence-corrected chi connectivity index (χ2v) is 4.42. The smallest absolute Gasteiger partial charge is 0.326 e. The van der Waals surface area contributed by atoms with Crippen molar-refractivity contribution < 1.29 is 14.7 Å². The zero-order valence-corrected chi connectivity index (χ0v) is 10.2. The van der Waals surface area contributed by atoms with Crippen molar-refractivity contribution in [3.8, 4) is 0 Å². The zero-order chi connectivity index (χ0) is 12.7. The standard InChI is InChI=1S/C11H22N2O3/c1-4-5-9(11(15)16)13-10(14)8(12)6-7(2)3/h7-9H,4-6,12H2,1-3H3,(H,13,14)(H,15,16)/t8-,9?/m1/s1. The summed E-state index contributed by atoms with van der Waals surface area (Å²) in [6.45, 7) is 5.80. The van der Waals surface area contributed by atoms with Gasteiger partial charge < -0.3 is 16.2 Å². The topological polar surface area (TPSA) is 92.4 Å². The van der Waals surface area contributed by atoms with E-state index < -0.39 is 18.1 Å². The first-order chi connectivity index (χ1) is 7.38. The van der Waals surface area contributed by atoms with Crippen LogP contribution in [0, 0.1) is 5.92 Å². The van der Waals surface area contributed by atoms with E-state index in [0.717, 1.165) is 0 Å². The highest BCUT2D eigenvalue weighted by Crippen LogP contribution is 2.04. The van der Waals surface area contributed by atoms with E-state index in [0.29, 0.717) is 25.2 Å². The number of rotatable bonds is 7. The van der Waals surface area contributed by atoms with Gasteiger partial charge in [0.15, 0.2) is 0 Å². The van der Waals surface area contributed by atoms with E-state index in [9.17, 15) is 9.59 Å². The molecule has 0 saturated heterocycles. The van der Waals surface area contributed by atoms with Crippen LogP contribution >= 0.6 is 0 Å². The number of carbonyl (C=O) groups is 2. The van der Waals surface area contributed by atoms with Crippen molar-refractivity contribution >= 4 is 11.9 Å². The van der Waals surface area contributed by atoms with Crippen molar-refractivity contribution in [3.63, 3.8) is 0 Å². The molecule has 0 radical (unpaired) electrons. The van der Waals surface area contributed by atoms with Crippen molar-refractivity contribution in [3.05, 3.63) is 0 Å². The quantitative estimate of drug-likeness (QED) is 0.601. The summed E-state index contributed by atoms with van der Waals surface area (Å²) >= 11 is 0. The summed E-state index contributed by atoms with van der Waals surface area (Å²) in [4.78, 5) is 22.4. The van der Waals surface area contributed by atoms with E-state index >= 15 is 0 Å². The Labute approximate surface area is 96.4 Å². The fourth-order valence-corrected chi connectivity index (χ4v) is 1.44. The highest BCUT2D eigenvalue weighted by atomic mass is 16.4. The van der Waals surface area contributed by atoms with Crippen LogP contribution in [0.4, 0.5) is 0 Å². The fourth-order valence-electron chi connectivity index (χ4n) is 1.44. The number of carboxylic acid groups (broad SMARTS) is 1. The molecule has 1 unspecified atom stereocenters.